The SMILES string of the molecule is C=CCOC(=O)Nc1cccc(C2OC(CN(C)C(C)C(O)c3ccccc3)C(C)C(c3ccc(CO)cc3)O2)c1. The molecule has 1 amide bonds. The Kier molecular flexibility index (Phi) is 10.7. The van der Waals surface area contributed by atoms with E-state index in [1.807, 2.05) is 86.8 Å². The van der Waals surface area contributed by atoms with Crippen LogP contribution in [0.1, 0.15) is 54.6 Å². The Morgan fingerprint density at radius 3 is 2.49 bits per heavy atom. The molecule has 0 radical (unpaired) electrons. The second-order valence-electron chi connectivity index (χ2n) is 10.5. The predicted molar refractivity (Wildman–Crippen MR) is 158 cm³/mol. The van der Waals surface area contributed by atoms with Crippen molar-refractivity contribution in [2.45, 2.75) is 51.1 Å². The van der Waals surface area contributed by atoms with Crippen LogP contribution in [-0.2, 0) is 20.8 Å². The van der Waals surface area contributed by atoms with Crippen molar-refractivity contribution in [1.29, 1.82) is 0 Å². The highest BCUT2D eigenvalue weighted by molar-refractivity contribution is 5.84. The third-order valence-electron chi connectivity index (χ3n) is 7.62. The number of nitrogens with one attached hydrogen (secondary N) is 1. The van der Waals surface area contributed by atoms with Gasteiger partial charge in [-0.2, -0.15) is 0 Å². The molecular weight excluding hydrogens is 520 g/mol. The molecule has 6 atom stereocenters. The average molecular weight is 561 g/mol. The fraction of sp³-hybridized carbons (Fsp3) is 0.364. The van der Waals surface area contributed by atoms with E-state index in [-0.39, 0.29) is 37.4 Å². The fourth-order valence-electron chi connectivity index (χ4n) is 5.00. The van der Waals surface area contributed by atoms with Crippen molar-refractivity contribution < 1.29 is 29.2 Å². The van der Waals surface area contributed by atoms with Crippen molar-refractivity contribution in [3.05, 3.63) is 114 Å². The molecule has 3 aromatic carbocycles. The Bertz CT molecular complexity index is 1270. The summed E-state index contributed by atoms with van der Waals surface area (Å²) in [5.74, 6) is -0.0232. The van der Waals surface area contributed by atoms with Crippen LogP contribution in [0.2, 0.25) is 0 Å². The number of nitrogens with zero attached hydrogens (tertiary/aromatic N) is 1. The Morgan fingerprint density at radius 2 is 1.80 bits per heavy atom. The quantitative estimate of drug-likeness (QED) is 0.257. The summed E-state index contributed by atoms with van der Waals surface area (Å²) in [7, 11) is 1.99. The number of aliphatic hydroxyl groups is 2. The number of carbonyl (C=O) groups excluding carboxylic acids is 1. The van der Waals surface area contributed by atoms with Crippen molar-refractivity contribution in [2.75, 3.05) is 25.5 Å². The summed E-state index contributed by atoms with van der Waals surface area (Å²) < 4.78 is 18.2. The van der Waals surface area contributed by atoms with Gasteiger partial charge in [-0.1, -0.05) is 86.3 Å². The highest BCUT2D eigenvalue weighted by Crippen LogP contribution is 2.42. The molecule has 4 rings (SSSR count). The van der Waals surface area contributed by atoms with Crippen LogP contribution in [0, 0.1) is 5.92 Å². The van der Waals surface area contributed by atoms with Crippen LogP contribution < -0.4 is 5.32 Å². The first-order valence-corrected chi connectivity index (χ1v) is 13.9. The standard InChI is InChI=1S/C33H40N2O6/c1-5-18-39-33(38)34-28-13-9-12-27(19-28)32-40-29(20-35(4)23(3)30(37)25-10-7-6-8-11-25)22(2)31(41-32)26-16-14-24(21-36)15-17-26/h5-17,19,22-23,29-32,36-37H,1,18,20-21H2,2-4H3,(H,34,38). The summed E-state index contributed by atoms with van der Waals surface area (Å²) in [5.41, 5.74) is 3.98. The van der Waals surface area contributed by atoms with Gasteiger partial charge in [-0.25, -0.2) is 4.79 Å². The Hall–Kier alpha value is -3.53. The van der Waals surface area contributed by atoms with Gasteiger partial charge in [0, 0.05) is 29.8 Å². The molecule has 0 bridgehead atoms. The molecule has 1 aliphatic heterocycles. The van der Waals surface area contributed by atoms with Gasteiger partial charge in [0.15, 0.2) is 6.29 Å². The molecule has 1 aliphatic rings. The van der Waals surface area contributed by atoms with Gasteiger partial charge in [-0.15, -0.1) is 0 Å². The molecule has 0 saturated carbocycles. The molecule has 1 fully saturated rings. The number of benzene rings is 3. The topological polar surface area (TPSA) is 100 Å². The molecule has 0 aliphatic carbocycles. The van der Waals surface area contributed by atoms with Crippen LogP contribution in [0.5, 0.6) is 0 Å². The van der Waals surface area contributed by atoms with E-state index >= 15 is 0 Å². The molecule has 218 valence electrons. The van der Waals surface area contributed by atoms with Gasteiger partial charge in [0.05, 0.1) is 24.9 Å². The largest absolute Gasteiger partial charge is 0.445 e. The number of ether oxygens (including phenoxy) is 3. The lowest BCUT2D eigenvalue weighted by Gasteiger charge is -2.43. The molecule has 1 heterocycles. The minimum Gasteiger partial charge on any atom is -0.445 e. The highest BCUT2D eigenvalue weighted by atomic mass is 16.7. The number of aliphatic hydroxyl groups excluding tert-OH is 2. The maximum atomic E-state index is 12.1. The van der Waals surface area contributed by atoms with E-state index in [2.05, 4.69) is 23.7 Å². The van der Waals surface area contributed by atoms with Crippen molar-refractivity contribution >= 4 is 11.8 Å². The first-order valence-electron chi connectivity index (χ1n) is 13.9. The zero-order valence-corrected chi connectivity index (χ0v) is 23.9. The van der Waals surface area contributed by atoms with Crippen molar-refractivity contribution in [3.8, 4) is 0 Å². The van der Waals surface area contributed by atoms with E-state index in [1.165, 1.54) is 6.08 Å². The highest BCUT2D eigenvalue weighted by Gasteiger charge is 2.39. The number of amides is 1. The number of carbonyl (C=O) groups is 1. The molecule has 3 aromatic rings. The Balaban J connectivity index is 1.57. The monoisotopic (exact) mass is 560 g/mol. The third kappa shape index (κ3) is 7.81. The Morgan fingerprint density at radius 1 is 1.07 bits per heavy atom. The van der Waals surface area contributed by atoms with Gasteiger partial charge in [-0.05, 0) is 42.8 Å². The molecule has 41 heavy (non-hydrogen) atoms. The summed E-state index contributed by atoms with van der Waals surface area (Å²) in [5, 5.41) is 23.3. The zero-order valence-electron chi connectivity index (χ0n) is 23.9. The van der Waals surface area contributed by atoms with Gasteiger partial charge in [-0.3, -0.25) is 10.2 Å². The second kappa shape index (κ2) is 14.4. The van der Waals surface area contributed by atoms with Crippen LogP contribution in [0.3, 0.4) is 0 Å². The smallest absolute Gasteiger partial charge is 0.411 e. The number of likely N-dealkylation sites (N-methyl/N-ethyl adjacent to an activating group) is 1. The summed E-state index contributed by atoms with van der Waals surface area (Å²) >= 11 is 0. The number of rotatable bonds is 11. The lowest BCUT2D eigenvalue weighted by molar-refractivity contribution is -0.276. The average Bonchev–Trinajstić information content (AvgIpc) is 3.00. The van der Waals surface area contributed by atoms with Gasteiger partial charge < -0.3 is 24.4 Å². The van der Waals surface area contributed by atoms with Crippen molar-refractivity contribution in [2.24, 2.45) is 5.92 Å². The van der Waals surface area contributed by atoms with Gasteiger partial charge in [0.1, 0.15) is 6.61 Å². The van der Waals surface area contributed by atoms with Gasteiger partial charge in [0.25, 0.3) is 0 Å². The summed E-state index contributed by atoms with van der Waals surface area (Å²) in [6.45, 7) is 8.31. The van der Waals surface area contributed by atoms with E-state index in [9.17, 15) is 15.0 Å². The lowest BCUT2D eigenvalue weighted by atomic mass is 9.89. The van der Waals surface area contributed by atoms with E-state index in [0.29, 0.717) is 12.2 Å². The van der Waals surface area contributed by atoms with Crippen LogP contribution in [0.4, 0.5) is 10.5 Å². The van der Waals surface area contributed by atoms with E-state index < -0.39 is 18.5 Å². The van der Waals surface area contributed by atoms with Gasteiger partial charge >= 0.3 is 6.09 Å². The first kappa shape index (κ1) is 30.4. The van der Waals surface area contributed by atoms with E-state index in [1.54, 1.807) is 6.07 Å². The van der Waals surface area contributed by atoms with Crippen LogP contribution >= 0.6 is 0 Å². The fourth-order valence-corrected chi connectivity index (χ4v) is 5.00. The molecule has 1 saturated heterocycles. The summed E-state index contributed by atoms with van der Waals surface area (Å²) in [6, 6.07) is 24.5. The number of hydrogen-bond acceptors (Lipinski definition) is 7. The molecule has 6 unspecified atom stereocenters. The molecular formula is C33H40N2O6. The van der Waals surface area contributed by atoms with E-state index in [4.69, 9.17) is 14.2 Å². The third-order valence-corrected chi connectivity index (χ3v) is 7.62. The van der Waals surface area contributed by atoms with Gasteiger partial charge in [0.2, 0.25) is 0 Å². The summed E-state index contributed by atoms with van der Waals surface area (Å²) in [6.07, 6.45) is -0.951. The van der Waals surface area contributed by atoms with Crippen molar-refractivity contribution in [1.82, 2.24) is 4.90 Å². The van der Waals surface area contributed by atoms with Crippen LogP contribution in [-0.4, -0.2) is 53.6 Å². The maximum absolute atomic E-state index is 12.1. The van der Waals surface area contributed by atoms with Crippen molar-refractivity contribution in [3.63, 3.8) is 0 Å². The molecule has 8 heteroatoms. The zero-order chi connectivity index (χ0) is 29.4. The molecule has 0 spiro atoms. The number of anilines is 1. The van der Waals surface area contributed by atoms with Crippen LogP contribution in [0.25, 0.3) is 0 Å². The maximum Gasteiger partial charge on any atom is 0.411 e. The normalized spacial score (nSPS) is 22.1. The summed E-state index contributed by atoms with van der Waals surface area (Å²) in [4.78, 5) is 14.2. The first-order chi connectivity index (χ1) is 19.8. The van der Waals surface area contributed by atoms with Crippen LogP contribution in [0.15, 0.2) is 91.5 Å². The lowest BCUT2D eigenvalue weighted by Crippen LogP contribution is -2.46. The molecule has 0 aromatic heterocycles. The van der Waals surface area contributed by atoms with E-state index in [0.717, 1.165) is 22.3 Å². The number of hydrogen-bond donors (Lipinski definition) is 3. The Labute approximate surface area is 242 Å². The minimum atomic E-state index is -0.701. The molecule has 3 N–H and O–H groups in total. The molecule has 8 nitrogen and oxygen atoms in total. The minimum absolute atomic E-state index is 0.0232. The second-order valence-corrected chi connectivity index (χ2v) is 10.5. The predicted octanol–water partition coefficient (Wildman–Crippen LogP) is 5.76.